The molecule has 3 nitrogen and oxygen atoms in total. The number of ether oxygens (including phenoxy) is 1. The molecule has 0 aliphatic carbocycles. The fourth-order valence-electron chi connectivity index (χ4n) is 1.52. The number of benzene rings is 1. The molecule has 0 aliphatic heterocycles. The maximum Gasteiger partial charge on any atom is 0.226 e. The zero-order valence-electron chi connectivity index (χ0n) is 9.40. The summed E-state index contributed by atoms with van der Waals surface area (Å²) < 4.78 is 4.96. The van der Waals surface area contributed by atoms with Crippen LogP contribution in [0.15, 0.2) is 35.5 Å². The molecule has 3 heteroatoms. The topological polar surface area (TPSA) is 41.8 Å². The average molecular weight is 207 g/mol. The van der Waals surface area contributed by atoms with Crippen molar-refractivity contribution in [2.75, 3.05) is 7.11 Å². The Morgan fingerprint density at radius 3 is 2.40 bits per heavy atom. The molecular formula is C12H17NO2. The maximum atomic E-state index is 8.70. The van der Waals surface area contributed by atoms with E-state index in [4.69, 9.17) is 9.94 Å². The Balaban J connectivity index is 2.84. The Bertz CT molecular complexity index is 331. The molecule has 0 aromatic heterocycles. The van der Waals surface area contributed by atoms with Gasteiger partial charge in [-0.2, -0.15) is 0 Å². The number of hydrogen-bond acceptors (Lipinski definition) is 3. The van der Waals surface area contributed by atoms with Crippen LogP contribution in [-0.4, -0.2) is 18.2 Å². The van der Waals surface area contributed by atoms with Crippen molar-refractivity contribution in [2.45, 2.75) is 25.7 Å². The second-order valence-electron chi connectivity index (χ2n) is 4.12. The van der Waals surface area contributed by atoms with E-state index in [0.717, 1.165) is 0 Å². The first-order chi connectivity index (χ1) is 7.10. The zero-order valence-corrected chi connectivity index (χ0v) is 9.40. The third-order valence-corrected chi connectivity index (χ3v) is 2.50. The molecule has 0 bridgehead atoms. The number of nitrogens with zero attached hydrogens (tertiary/aromatic N) is 1. The molecule has 1 rings (SSSR count). The second kappa shape index (κ2) is 4.82. The Morgan fingerprint density at radius 2 is 1.93 bits per heavy atom. The van der Waals surface area contributed by atoms with Gasteiger partial charge in [0.25, 0.3) is 0 Å². The third-order valence-electron chi connectivity index (χ3n) is 2.50. The van der Waals surface area contributed by atoms with Crippen LogP contribution in [0.3, 0.4) is 0 Å². The van der Waals surface area contributed by atoms with Crippen molar-refractivity contribution in [1.82, 2.24) is 0 Å². The van der Waals surface area contributed by atoms with Crippen LogP contribution in [0.5, 0.6) is 0 Å². The lowest BCUT2D eigenvalue weighted by Crippen LogP contribution is -2.22. The highest BCUT2D eigenvalue weighted by Crippen LogP contribution is 2.27. The lowest BCUT2D eigenvalue weighted by molar-refractivity contribution is 0.274. The fraction of sp³-hybridized carbons (Fsp3) is 0.417. The normalized spacial score (nSPS) is 12.6. The van der Waals surface area contributed by atoms with Crippen LogP contribution in [0, 0.1) is 0 Å². The monoisotopic (exact) mass is 207 g/mol. The summed E-state index contributed by atoms with van der Waals surface area (Å²) in [5.41, 5.74) is 1.10. The molecule has 0 aliphatic rings. The van der Waals surface area contributed by atoms with Gasteiger partial charge in [-0.05, 0) is 11.0 Å². The van der Waals surface area contributed by atoms with Crippen LogP contribution in [0.1, 0.15) is 25.8 Å². The van der Waals surface area contributed by atoms with Gasteiger partial charge in [0.05, 0.1) is 7.11 Å². The molecule has 82 valence electrons. The summed E-state index contributed by atoms with van der Waals surface area (Å²) in [4.78, 5) is 0. The summed E-state index contributed by atoms with van der Waals surface area (Å²) in [5.74, 6) is 0.351. The lowest BCUT2D eigenvalue weighted by atomic mass is 9.81. The van der Waals surface area contributed by atoms with Crippen LogP contribution >= 0.6 is 0 Å². The van der Waals surface area contributed by atoms with E-state index in [-0.39, 0.29) is 5.41 Å². The highest BCUT2D eigenvalue weighted by molar-refractivity contribution is 5.76. The molecule has 0 heterocycles. The molecule has 0 saturated carbocycles. The van der Waals surface area contributed by atoms with E-state index in [0.29, 0.717) is 12.3 Å². The Labute approximate surface area is 90.4 Å². The van der Waals surface area contributed by atoms with Crippen molar-refractivity contribution in [3.05, 3.63) is 35.9 Å². The van der Waals surface area contributed by atoms with Crippen molar-refractivity contribution in [1.29, 1.82) is 0 Å². The van der Waals surface area contributed by atoms with Gasteiger partial charge in [0.2, 0.25) is 5.90 Å². The van der Waals surface area contributed by atoms with Gasteiger partial charge in [0.1, 0.15) is 0 Å². The van der Waals surface area contributed by atoms with Crippen molar-refractivity contribution in [2.24, 2.45) is 5.16 Å². The van der Waals surface area contributed by atoms with Crippen molar-refractivity contribution in [3.63, 3.8) is 0 Å². The third kappa shape index (κ3) is 2.98. The van der Waals surface area contributed by atoms with Gasteiger partial charge in [0.15, 0.2) is 0 Å². The number of rotatable bonds is 3. The van der Waals surface area contributed by atoms with Gasteiger partial charge < -0.3 is 9.94 Å². The predicted molar refractivity (Wildman–Crippen MR) is 60.3 cm³/mol. The molecule has 0 spiro atoms. The summed E-state index contributed by atoms with van der Waals surface area (Å²) in [7, 11) is 1.51. The molecule has 0 atom stereocenters. The zero-order chi connectivity index (χ0) is 11.3. The molecule has 0 amide bonds. The smallest absolute Gasteiger partial charge is 0.226 e. The van der Waals surface area contributed by atoms with E-state index in [9.17, 15) is 0 Å². The lowest BCUT2D eigenvalue weighted by Gasteiger charge is -2.24. The average Bonchev–Trinajstić information content (AvgIpc) is 2.27. The molecule has 1 aromatic rings. The second-order valence-corrected chi connectivity index (χ2v) is 4.12. The Morgan fingerprint density at radius 1 is 1.33 bits per heavy atom. The summed E-state index contributed by atoms with van der Waals surface area (Å²) in [6.45, 7) is 4.18. The number of hydrogen-bond donors (Lipinski definition) is 1. The van der Waals surface area contributed by atoms with Crippen molar-refractivity contribution in [3.8, 4) is 0 Å². The Hall–Kier alpha value is -1.51. The summed E-state index contributed by atoms with van der Waals surface area (Å²) in [6, 6.07) is 10.1. The first-order valence-electron chi connectivity index (χ1n) is 4.90. The number of oxime groups is 1. The minimum atomic E-state index is -0.0984. The SMILES string of the molecule is COC(CC(C)(C)c1ccccc1)=NO. The van der Waals surface area contributed by atoms with Crippen molar-refractivity contribution >= 4 is 5.90 Å². The van der Waals surface area contributed by atoms with E-state index < -0.39 is 0 Å². The van der Waals surface area contributed by atoms with Crippen LogP contribution < -0.4 is 0 Å². The quantitative estimate of drug-likeness (QED) is 0.358. The van der Waals surface area contributed by atoms with Gasteiger partial charge in [-0.15, -0.1) is 0 Å². The molecule has 0 unspecified atom stereocenters. The highest BCUT2D eigenvalue weighted by atomic mass is 16.5. The molecular weight excluding hydrogens is 190 g/mol. The van der Waals surface area contributed by atoms with Crippen LogP contribution in [0.25, 0.3) is 0 Å². The molecule has 0 fully saturated rings. The molecule has 0 saturated heterocycles. The summed E-state index contributed by atoms with van der Waals surface area (Å²) in [6.07, 6.45) is 0.573. The summed E-state index contributed by atoms with van der Waals surface area (Å²) in [5, 5.41) is 11.8. The predicted octanol–water partition coefficient (Wildman–Crippen LogP) is 2.79. The van der Waals surface area contributed by atoms with E-state index in [2.05, 4.69) is 31.1 Å². The first kappa shape index (κ1) is 11.6. The van der Waals surface area contributed by atoms with Crippen LogP contribution in [0.2, 0.25) is 0 Å². The standard InChI is InChI=1S/C12H17NO2/c1-12(2,9-11(13-14)15-3)10-7-5-4-6-8-10/h4-8,14H,9H2,1-3H3. The van der Waals surface area contributed by atoms with Gasteiger partial charge in [0, 0.05) is 6.42 Å². The molecule has 15 heavy (non-hydrogen) atoms. The van der Waals surface area contributed by atoms with Gasteiger partial charge in [-0.25, -0.2) is 0 Å². The van der Waals surface area contributed by atoms with E-state index in [1.165, 1.54) is 12.7 Å². The first-order valence-corrected chi connectivity index (χ1v) is 4.90. The van der Waals surface area contributed by atoms with E-state index in [1.807, 2.05) is 18.2 Å². The Kier molecular flexibility index (Phi) is 3.72. The minimum Gasteiger partial charge on any atom is -0.482 e. The van der Waals surface area contributed by atoms with Gasteiger partial charge >= 0.3 is 0 Å². The fourth-order valence-corrected chi connectivity index (χ4v) is 1.52. The number of methoxy groups -OCH3 is 1. The van der Waals surface area contributed by atoms with Gasteiger partial charge in [-0.3, -0.25) is 0 Å². The van der Waals surface area contributed by atoms with E-state index in [1.54, 1.807) is 0 Å². The van der Waals surface area contributed by atoms with Gasteiger partial charge in [-0.1, -0.05) is 49.3 Å². The minimum absolute atomic E-state index is 0.0984. The van der Waals surface area contributed by atoms with E-state index >= 15 is 0 Å². The largest absolute Gasteiger partial charge is 0.482 e. The van der Waals surface area contributed by atoms with Crippen LogP contribution in [0.4, 0.5) is 0 Å². The molecule has 1 aromatic carbocycles. The maximum absolute atomic E-state index is 8.70. The van der Waals surface area contributed by atoms with Crippen LogP contribution in [-0.2, 0) is 10.2 Å². The summed E-state index contributed by atoms with van der Waals surface area (Å²) >= 11 is 0. The molecule has 0 radical (unpaired) electrons. The molecule has 1 N–H and O–H groups in total. The highest BCUT2D eigenvalue weighted by Gasteiger charge is 2.23. The van der Waals surface area contributed by atoms with Crippen molar-refractivity contribution < 1.29 is 9.94 Å².